The molecule has 1 aliphatic heterocycles. The summed E-state index contributed by atoms with van der Waals surface area (Å²) in [5, 5.41) is 8.34. The minimum atomic E-state index is -0.197. The molecule has 8 nitrogen and oxygen atoms in total. The lowest BCUT2D eigenvalue weighted by Crippen LogP contribution is -2.42. The Kier molecular flexibility index (Phi) is 6.36. The molecule has 2 aromatic rings. The van der Waals surface area contributed by atoms with Crippen molar-refractivity contribution in [2.75, 3.05) is 32.1 Å². The maximum atomic E-state index is 12.8. The second-order valence-electron chi connectivity index (χ2n) is 7.80. The Morgan fingerprint density at radius 1 is 1.27 bits per heavy atom. The van der Waals surface area contributed by atoms with Crippen molar-refractivity contribution in [1.29, 1.82) is 0 Å². The molecule has 162 valence electrons. The maximum absolute atomic E-state index is 12.8. The van der Waals surface area contributed by atoms with Crippen molar-refractivity contribution in [3.63, 3.8) is 0 Å². The number of amides is 2. The van der Waals surface area contributed by atoms with E-state index in [1.54, 1.807) is 30.2 Å². The molecular weight excluding hydrogens is 429 g/mol. The molecular formula is C20H25Cl2N5O3. The SMILES string of the molecule is COCCn1nc(C2CCCN(C(=O)Nc3ccc(Cl)c(Cl)c3)C2)n(C2CC2)c1=O. The molecule has 0 bridgehead atoms. The fraction of sp³-hybridized carbons (Fsp3) is 0.550. The van der Waals surface area contributed by atoms with Crippen LogP contribution >= 0.6 is 23.2 Å². The lowest BCUT2D eigenvalue weighted by atomic mass is 9.97. The number of methoxy groups -OCH3 is 1. The normalized spacial score (nSPS) is 19.2. The first-order valence-corrected chi connectivity index (χ1v) is 10.9. The van der Waals surface area contributed by atoms with Crippen molar-refractivity contribution in [3.05, 3.63) is 44.6 Å². The molecule has 2 amide bonds. The highest BCUT2D eigenvalue weighted by molar-refractivity contribution is 6.42. The Bertz CT molecular complexity index is 985. The molecule has 1 saturated heterocycles. The summed E-state index contributed by atoms with van der Waals surface area (Å²) in [6.07, 6.45) is 3.74. The highest BCUT2D eigenvalue weighted by Crippen LogP contribution is 2.37. The summed E-state index contributed by atoms with van der Waals surface area (Å²) in [5.41, 5.74) is 0.511. The minimum absolute atomic E-state index is 0.0235. The predicted molar refractivity (Wildman–Crippen MR) is 116 cm³/mol. The highest BCUT2D eigenvalue weighted by atomic mass is 35.5. The fourth-order valence-corrected chi connectivity index (χ4v) is 4.16. The number of likely N-dealkylation sites (tertiary alicyclic amines) is 1. The lowest BCUT2D eigenvalue weighted by molar-refractivity contribution is 0.181. The minimum Gasteiger partial charge on any atom is -0.383 e. The number of nitrogens with one attached hydrogen (secondary N) is 1. The van der Waals surface area contributed by atoms with E-state index in [1.165, 1.54) is 4.68 Å². The van der Waals surface area contributed by atoms with E-state index in [-0.39, 0.29) is 23.7 Å². The molecule has 1 aromatic carbocycles. The molecule has 30 heavy (non-hydrogen) atoms. The van der Waals surface area contributed by atoms with Gasteiger partial charge in [-0.25, -0.2) is 14.3 Å². The number of nitrogens with zero attached hydrogens (tertiary/aromatic N) is 4. The van der Waals surface area contributed by atoms with Gasteiger partial charge in [-0.05, 0) is 43.9 Å². The van der Waals surface area contributed by atoms with E-state index in [9.17, 15) is 9.59 Å². The van der Waals surface area contributed by atoms with Crippen molar-refractivity contribution in [2.24, 2.45) is 0 Å². The van der Waals surface area contributed by atoms with Crippen LogP contribution in [0.4, 0.5) is 10.5 Å². The number of rotatable bonds is 6. The molecule has 4 rings (SSSR count). The Labute approximate surface area is 184 Å². The fourth-order valence-electron chi connectivity index (χ4n) is 3.86. The van der Waals surface area contributed by atoms with E-state index in [0.29, 0.717) is 42.0 Å². The third-order valence-corrected chi connectivity index (χ3v) is 6.30. The number of hydrogen-bond acceptors (Lipinski definition) is 4. The number of carbonyl (C=O) groups is 1. The molecule has 1 atom stereocenters. The van der Waals surface area contributed by atoms with Gasteiger partial charge in [0.2, 0.25) is 0 Å². The third kappa shape index (κ3) is 4.50. The predicted octanol–water partition coefficient (Wildman–Crippen LogP) is 3.74. The van der Waals surface area contributed by atoms with E-state index in [0.717, 1.165) is 31.5 Å². The number of urea groups is 1. The number of aromatic nitrogens is 3. The summed E-state index contributed by atoms with van der Waals surface area (Å²) < 4.78 is 8.43. The van der Waals surface area contributed by atoms with Gasteiger partial charge >= 0.3 is 11.7 Å². The summed E-state index contributed by atoms with van der Waals surface area (Å²) in [6.45, 7) is 2.03. The van der Waals surface area contributed by atoms with Gasteiger partial charge in [0.05, 0.1) is 23.2 Å². The number of piperidine rings is 1. The van der Waals surface area contributed by atoms with Crippen LogP contribution in [0.15, 0.2) is 23.0 Å². The Morgan fingerprint density at radius 3 is 2.77 bits per heavy atom. The van der Waals surface area contributed by atoms with Gasteiger partial charge in [0.25, 0.3) is 0 Å². The van der Waals surface area contributed by atoms with Gasteiger partial charge in [-0.3, -0.25) is 4.57 Å². The number of anilines is 1. The molecule has 1 N–H and O–H groups in total. The topological polar surface area (TPSA) is 81.4 Å². The molecule has 1 unspecified atom stereocenters. The van der Waals surface area contributed by atoms with Crippen LogP contribution in [0.25, 0.3) is 0 Å². The molecule has 0 spiro atoms. The summed E-state index contributed by atoms with van der Waals surface area (Å²) in [7, 11) is 1.61. The third-order valence-electron chi connectivity index (χ3n) is 5.56. The monoisotopic (exact) mass is 453 g/mol. The van der Waals surface area contributed by atoms with E-state index in [2.05, 4.69) is 10.4 Å². The summed E-state index contributed by atoms with van der Waals surface area (Å²) in [5.74, 6) is 0.807. The molecule has 2 aliphatic rings. The first-order chi connectivity index (χ1) is 14.5. The Hall–Kier alpha value is -2.03. The summed E-state index contributed by atoms with van der Waals surface area (Å²) in [6, 6.07) is 5.03. The van der Waals surface area contributed by atoms with Crippen molar-refractivity contribution in [1.82, 2.24) is 19.2 Å². The van der Waals surface area contributed by atoms with Crippen LogP contribution in [0.2, 0.25) is 10.0 Å². The summed E-state index contributed by atoms with van der Waals surface area (Å²) in [4.78, 5) is 27.4. The smallest absolute Gasteiger partial charge is 0.346 e. The lowest BCUT2D eigenvalue weighted by Gasteiger charge is -2.32. The summed E-state index contributed by atoms with van der Waals surface area (Å²) >= 11 is 12.0. The second kappa shape index (κ2) is 8.99. The van der Waals surface area contributed by atoms with E-state index in [1.807, 2.05) is 4.57 Å². The van der Waals surface area contributed by atoms with Gasteiger partial charge in [-0.15, -0.1) is 0 Å². The zero-order valence-electron chi connectivity index (χ0n) is 16.8. The van der Waals surface area contributed by atoms with Crippen LogP contribution in [0.3, 0.4) is 0 Å². The van der Waals surface area contributed by atoms with E-state index >= 15 is 0 Å². The first-order valence-electron chi connectivity index (χ1n) is 10.2. The van der Waals surface area contributed by atoms with Crippen LogP contribution in [-0.2, 0) is 11.3 Å². The van der Waals surface area contributed by atoms with Crippen LogP contribution in [-0.4, -0.2) is 52.1 Å². The maximum Gasteiger partial charge on any atom is 0.346 e. The van der Waals surface area contributed by atoms with Crippen molar-refractivity contribution < 1.29 is 9.53 Å². The quantitative estimate of drug-likeness (QED) is 0.721. The van der Waals surface area contributed by atoms with Crippen molar-refractivity contribution in [3.8, 4) is 0 Å². The van der Waals surface area contributed by atoms with Gasteiger partial charge in [-0.2, -0.15) is 5.10 Å². The molecule has 1 aromatic heterocycles. The Balaban J connectivity index is 1.50. The van der Waals surface area contributed by atoms with E-state index < -0.39 is 0 Å². The first kappa shape index (κ1) is 21.2. The zero-order chi connectivity index (χ0) is 21.3. The van der Waals surface area contributed by atoms with Crippen LogP contribution < -0.4 is 11.0 Å². The number of carbonyl (C=O) groups excluding carboxylic acids is 1. The largest absolute Gasteiger partial charge is 0.383 e. The molecule has 10 heteroatoms. The van der Waals surface area contributed by atoms with Crippen molar-refractivity contribution >= 4 is 34.9 Å². The molecule has 1 aliphatic carbocycles. The average Bonchev–Trinajstić information content (AvgIpc) is 3.52. The Morgan fingerprint density at radius 2 is 2.07 bits per heavy atom. The van der Waals surface area contributed by atoms with Crippen LogP contribution in [0.5, 0.6) is 0 Å². The van der Waals surface area contributed by atoms with Gasteiger partial charge in [0, 0.05) is 37.8 Å². The van der Waals surface area contributed by atoms with Gasteiger partial charge in [0.15, 0.2) is 0 Å². The molecule has 1 saturated carbocycles. The van der Waals surface area contributed by atoms with Gasteiger partial charge < -0.3 is 15.0 Å². The number of ether oxygens (including phenoxy) is 1. The van der Waals surface area contributed by atoms with Gasteiger partial charge in [-0.1, -0.05) is 23.2 Å². The molecule has 0 radical (unpaired) electrons. The number of hydrogen-bond donors (Lipinski definition) is 1. The number of benzene rings is 1. The standard InChI is InChI=1S/C20H25Cl2N5O3/c1-30-10-9-26-20(29)27(15-5-6-15)18(24-26)13-3-2-8-25(12-13)19(28)23-14-4-7-16(21)17(22)11-14/h4,7,11,13,15H,2-3,5-6,8-10,12H2,1H3,(H,23,28). The molecule has 2 fully saturated rings. The molecule has 2 heterocycles. The second-order valence-corrected chi connectivity index (χ2v) is 8.62. The average molecular weight is 454 g/mol. The van der Waals surface area contributed by atoms with E-state index in [4.69, 9.17) is 27.9 Å². The zero-order valence-corrected chi connectivity index (χ0v) is 18.3. The van der Waals surface area contributed by atoms with Gasteiger partial charge in [0.1, 0.15) is 5.82 Å². The van der Waals surface area contributed by atoms with Crippen LogP contribution in [0.1, 0.15) is 43.5 Å². The number of halogens is 2. The highest BCUT2D eigenvalue weighted by Gasteiger charge is 2.35. The van der Waals surface area contributed by atoms with Crippen molar-refractivity contribution in [2.45, 2.75) is 44.2 Å². The van der Waals surface area contributed by atoms with Crippen LogP contribution in [0, 0.1) is 0 Å².